The maximum atomic E-state index is 11.3. The van der Waals surface area contributed by atoms with E-state index in [-0.39, 0.29) is 11.9 Å². The molecule has 0 radical (unpaired) electrons. The number of hydrogen-bond acceptors (Lipinski definition) is 3. The van der Waals surface area contributed by atoms with Gasteiger partial charge in [-0.25, -0.2) is 0 Å². The van der Waals surface area contributed by atoms with Crippen LogP contribution in [-0.4, -0.2) is 47.0 Å². The molecule has 1 amide bonds. The predicted octanol–water partition coefficient (Wildman–Crippen LogP) is 1.06. The fourth-order valence-electron chi connectivity index (χ4n) is 0.982. The molecule has 1 unspecified atom stereocenters. The third kappa shape index (κ3) is 5.11. The molecule has 0 aromatic carbocycles. The molecule has 4 nitrogen and oxygen atoms in total. The van der Waals surface area contributed by atoms with Crippen LogP contribution >= 0.6 is 11.8 Å². The Kier molecular flexibility index (Phi) is 6.36. The van der Waals surface area contributed by atoms with E-state index in [9.17, 15) is 9.59 Å². The standard InChI is InChI=1S/C9H17NO3S/c1-7(4-5-14-3)10(2)8(11)6-9(12)13/h7H,4-6H2,1-3H3,(H,12,13). The number of carboxylic acids is 1. The van der Waals surface area contributed by atoms with Gasteiger partial charge in [-0.1, -0.05) is 0 Å². The lowest BCUT2D eigenvalue weighted by Gasteiger charge is -2.24. The van der Waals surface area contributed by atoms with Crippen LogP contribution in [0.4, 0.5) is 0 Å². The Balaban J connectivity index is 3.96. The van der Waals surface area contributed by atoms with Gasteiger partial charge in [0.05, 0.1) is 0 Å². The summed E-state index contributed by atoms with van der Waals surface area (Å²) in [5.41, 5.74) is 0. The summed E-state index contributed by atoms with van der Waals surface area (Å²) in [5.74, 6) is -0.420. The maximum absolute atomic E-state index is 11.3. The van der Waals surface area contributed by atoms with Crippen molar-refractivity contribution in [1.82, 2.24) is 4.90 Å². The second kappa shape index (κ2) is 6.70. The number of rotatable bonds is 6. The third-order valence-corrected chi connectivity index (χ3v) is 2.74. The van der Waals surface area contributed by atoms with E-state index in [1.54, 1.807) is 18.8 Å². The molecule has 1 atom stereocenters. The quantitative estimate of drug-likeness (QED) is 0.679. The highest BCUT2D eigenvalue weighted by Crippen LogP contribution is 2.07. The molecule has 82 valence electrons. The van der Waals surface area contributed by atoms with E-state index in [4.69, 9.17) is 5.11 Å². The van der Waals surface area contributed by atoms with Crippen LogP contribution in [0.5, 0.6) is 0 Å². The lowest BCUT2D eigenvalue weighted by Crippen LogP contribution is -2.36. The van der Waals surface area contributed by atoms with Crippen LogP contribution in [-0.2, 0) is 9.59 Å². The van der Waals surface area contributed by atoms with Crippen molar-refractivity contribution >= 4 is 23.6 Å². The highest BCUT2D eigenvalue weighted by Gasteiger charge is 2.17. The molecule has 0 heterocycles. The fourth-order valence-corrected chi connectivity index (χ4v) is 1.56. The Morgan fingerprint density at radius 1 is 1.50 bits per heavy atom. The second-order valence-corrected chi connectivity index (χ2v) is 4.19. The van der Waals surface area contributed by atoms with E-state index in [1.165, 1.54) is 4.90 Å². The van der Waals surface area contributed by atoms with Gasteiger partial charge in [0.1, 0.15) is 6.42 Å². The minimum atomic E-state index is -1.07. The number of hydrogen-bond donors (Lipinski definition) is 1. The van der Waals surface area contributed by atoms with E-state index in [1.807, 2.05) is 13.2 Å². The molecule has 0 fully saturated rings. The summed E-state index contributed by atoms with van der Waals surface area (Å²) in [6, 6.07) is 0.106. The molecule has 0 saturated carbocycles. The van der Waals surface area contributed by atoms with E-state index in [0.29, 0.717) is 0 Å². The molecule has 0 rings (SSSR count). The molecule has 0 saturated heterocycles. The van der Waals surface area contributed by atoms with Crippen molar-refractivity contribution < 1.29 is 14.7 Å². The van der Waals surface area contributed by atoms with Crippen molar-refractivity contribution in [1.29, 1.82) is 0 Å². The molecule has 0 bridgehead atoms. The van der Waals surface area contributed by atoms with Gasteiger partial charge in [0.2, 0.25) is 5.91 Å². The van der Waals surface area contributed by atoms with E-state index in [0.717, 1.165) is 12.2 Å². The third-order valence-electron chi connectivity index (χ3n) is 2.10. The van der Waals surface area contributed by atoms with Gasteiger partial charge in [-0.15, -0.1) is 0 Å². The number of amides is 1. The molecule has 0 aliphatic heterocycles. The first-order valence-electron chi connectivity index (χ1n) is 4.45. The van der Waals surface area contributed by atoms with Gasteiger partial charge in [0.25, 0.3) is 0 Å². The average molecular weight is 219 g/mol. The van der Waals surface area contributed by atoms with Gasteiger partial charge in [-0.05, 0) is 25.4 Å². The molecular formula is C9H17NO3S. The van der Waals surface area contributed by atoms with E-state index >= 15 is 0 Å². The Hall–Kier alpha value is -0.710. The molecule has 0 spiro atoms. The first-order valence-corrected chi connectivity index (χ1v) is 5.84. The summed E-state index contributed by atoms with van der Waals surface area (Å²) in [5, 5.41) is 8.44. The average Bonchev–Trinajstić information content (AvgIpc) is 2.11. The van der Waals surface area contributed by atoms with Crippen LogP contribution in [0.3, 0.4) is 0 Å². The zero-order valence-electron chi connectivity index (χ0n) is 8.82. The minimum Gasteiger partial charge on any atom is -0.481 e. The zero-order valence-corrected chi connectivity index (χ0v) is 9.63. The van der Waals surface area contributed by atoms with E-state index in [2.05, 4.69) is 0 Å². The van der Waals surface area contributed by atoms with Gasteiger partial charge in [0.15, 0.2) is 0 Å². The Bertz CT molecular complexity index is 208. The Morgan fingerprint density at radius 2 is 2.07 bits per heavy atom. The van der Waals surface area contributed by atoms with Crippen LogP contribution < -0.4 is 0 Å². The van der Waals surface area contributed by atoms with Gasteiger partial charge in [-0.2, -0.15) is 11.8 Å². The van der Waals surface area contributed by atoms with Crippen molar-refractivity contribution in [2.75, 3.05) is 19.1 Å². The van der Waals surface area contributed by atoms with Gasteiger partial charge >= 0.3 is 5.97 Å². The second-order valence-electron chi connectivity index (χ2n) is 3.21. The summed E-state index contributed by atoms with van der Waals surface area (Å²) < 4.78 is 0. The van der Waals surface area contributed by atoms with Crippen molar-refractivity contribution in [3.63, 3.8) is 0 Å². The van der Waals surface area contributed by atoms with Crippen LogP contribution in [0.1, 0.15) is 19.8 Å². The van der Waals surface area contributed by atoms with Gasteiger partial charge in [-0.3, -0.25) is 9.59 Å². The highest BCUT2D eigenvalue weighted by atomic mass is 32.2. The summed E-state index contributed by atoms with van der Waals surface area (Å²) in [4.78, 5) is 23.1. The van der Waals surface area contributed by atoms with Crippen molar-refractivity contribution in [2.45, 2.75) is 25.8 Å². The molecule has 0 aromatic heterocycles. The van der Waals surface area contributed by atoms with Crippen LogP contribution in [0.25, 0.3) is 0 Å². The first-order chi connectivity index (χ1) is 6.49. The predicted molar refractivity (Wildman–Crippen MR) is 57.5 cm³/mol. The highest BCUT2D eigenvalue weighted by molar-refractivity contribution is 7.98. The lowest BCUT2D eigenvalue weighted by molar-refractivity contribution is -0.144. The Morgan fingerprint density at radius 3 is 2.50 bits per heavy atom. The number of thioether (sulfide) groups is 1. The van der Waals surface area contributed by atoms with Gasteiger partial charge < -0.3 is 10.0 Å². The molecule has 1 N–H and O–H groups in total. The smallest absolute Gasteiger partial charge is 0.312 e. The van der Waals surface area contributed by atoms with Crippen LogP contribution in [0, 0.1) is 0 Å². The van der Waals surface area contributed by atoms with Crippen molar-refractivity contribution in [3.8, 4) is 0 Å². The lowest BCUT2D eigenvalue weighted by atomic mass is 10.2. The number of carbonyl (C=O) groups excluding carboxylic acids is 1. The number of carboxylic acid groups (broad SMARTS) is 1. The molecule has 0 aliphatic carbocycles. The zero-order chi connectivity index (χ0) is 11.1. The largest absolute Gasteiger partial charge is 0.481 e. The topological polar surface area (TPSA) is 57.6 Å². The summed E-state index contributed by atoms with van der Waals surface area (Å²) in [6.45, 7) is 1.93. The molecule has 14 heavy (non-hydrogen) atoms. The van der Waals surface area contributed by atoms with Gasteiger partial charge in [0, 0.05) is 13.1 Å². The summed E-state index contributed by atoms with van der Waals surface area (Å²) >= 11 is 1.72. The number of carbonyl (C=O) groups is 2. The Labute approximate surface area is 88.7 Å². The van der Waals surface area contributed by atoms with Crippen molar-refractivity contribution in [3.05, 3.63) is 0 Å². The maximum Gasteiger partial charge on any atom is 0.312 e. The fraction of sp³-hybridized carbons (Fsp3) is 0.778. The SMILES string of the molecule is CSCCC(C)N(C)C(=O)CC(=O)O. The molecular weight excluding hydrogens is 202 g/mol. The molecule has 0 aliphatic rings. The first kappa shape index (κ1) is 13.3. The van der Waals surface area contributed by atoms with Crippen molar-refractivity contribution in [2.24, 2.45) is 0 Å². The van der Waals surface area contributed by atoms with Crippen LogP contribution in [0.15, 0.2) is 0 Å². The minimum absolute atomic E-state index is 0.106. The normalized spacial score (nSPS) is 12.2. The monoisotopic (exact) mass is 219 g/mol. The molecule has 0 aromatic rings. The number of nitrogens with zero attached hydrogens (tertiary/aromatic N) is 1. The van der Waals surface area contributed by atoms with E-state index < -0.39 is 12.4 Å². The summed E-state index contributed by atoms with van der Waals surface area (Å²) in [6.07, 6.45) is 2.48. The summed E-state index contributed by atoms with van der Waals surface area (Å²) in [7, 11) is 1.65. The number of aliphatic carboxylic acids is 1. The van der Waals surface area contributed by atoms with Crippen LogP contribution in [0.2, 0.25) is 0 Å². The molecule has 5 heteroatoms.